The van der Waals surface area contributed by atoms with Crippen LogP contribution in [0.15, 0.2) is 24.3 Å². The summed E-state index contributed by atoms with van der Waals surface area (Å²) in [5.41, 5.74) is 2.14. The average Bonchev–Trinajstić information content (AvgIpc) is 2.18. The smallest absolute Gasteiger partial charge is 0.323 e. The fourth-order valence-corrected chi connectivity index (χ4v) is 1.29. The molecule has 0 aliphatic rings. The maximum Gasteiger partial charge on any atom is 0.323 e. The minimum atomic E-state index is -1.04. The predicted octanol–water partition coefficient (Wildman–Crippen LogP) is 0.530. The lowest BCUT2D eigenvalue weighted by Crippen LogP contribution is -2.39. The second-order valence-corrected chi connectivity index (χ2v) is 3.44. The van der Waals surface area contributed by atoms with Gasteiger partial charge in [-0.2, -0.15) is 0 Å². The van der Waals surface area contributed by atoms with E-state index in [0.29, 0.717) is 6.54 Å². The van der Waals surface area contributed by atoms with Crippen LogP contribution in [0.1, 0.15) is 11.1 Å². The topological polar surface area (TPSA) is 69.6 Å². The molecule has 1 aromatic carbocycles. The zero-order valence-corrected chi connectivity index (χ0v) is 8.60. The lowest BCUT2D eigenvalue weighted by molar-refractivity contribution is -0.140. The Morgan fingerprint density at radius 2 is 2.27 bits per heavy atom. The molecule has 15 heavy (non-hydrogen) atoms. The van der Waals surface area contributed by atoms with E-state index in [0.717, 1.165) is 11.1 Å². The molecular weight excluding hydrogens is 194 g/mol. The maximum absolute atomic E-state index is 10.6. The molecule has 4 heteroatoms. The highest BCUT2D eigenvalue weighted by atomic mass is 16.4. The van der Waals surface area contributed by atoms with Gasteiger partial charge < -0.3 is 10.2 Å². The standard InChI is InChI=1S/C11H15NO3/c1-8-3-2-4-9(5-8)6-12-10(7-13)11(14)15/h2-5,10,12-13H,6-7H2,1H3,(H,14,15). The minimum absolute atomic E-state index is 0.402. The summed E-state index contributed by atoms with van der Waals surface area (Å²) in [5.74, 6) is -1.04. The van der Waals surface area contributed by atoms with Crippen LogP contribution in [0.3, 0.4) is 0 Å². The van der Waals surface area contributed by atoms with Gasteiger partial charge in [-0.15, -0.1) is 0 Å². The third-order valence-corrected chi connectivity index (χ3v) is 2.12. The van der Waals surface area contributed by atoms with Crippen LogP contribution in [-0.4, -0.2) is 28.8 Å². The van der Waals surface area contributed by atoms with Crippen molar-refractivity contribution in [1.29, 1.82) is 0 Å². The SMILES string of the molecule is Cc1cccc(CNC(CO)C(=O)O)c1. The van der Waals surface area contributed by atoms with E-state index in [1.54, 1.807) is 0 Å². The van der Waals surface area contributed by atoms with E-state index >= 15 is 0 Å². The molecule has 0 radical (unpaired) electrons. The molecule has 3 N–H and O–H groups in total. The van der Waals surface area contributed by atoms with Crippen molar-refractivity contribution < 1.29 is 15.0 Å². The van der Waals surface area contributed by atoms with Gasteiger partial charge in [0.1, 0.15) is 6.04 Å². The van der Waals surface area contributed by atoms with Crippen LogP contribution in [-0.2, 0) is 11.3 Å². The number of benzene rings is 1. The Kier molecular flexibility index (Phi) is 4.27. The third kappa shape index (κ3) is 3.69. The number of aliphatic carboxylic acids is 1. The van der Waals surface area contributed by atoms with E-state index in [2.05, 4.69) is 5.32 Å². The summed E-state index contributed by atoms with van der Waals surface area (Å²) >= 11 is 0. The summed E-state index contributed by atoms with van der Waals surface area (Å²) in [6, 6.07) is 6.88. The van der Waals surface area contributed by atoms with Gasteiger partial charge in [0.05, 0.1) is 6.61 Å². The monoisotopic (exact) mass is 209 g/mol. The number of carbonyl (C=O) groups is 1. The van der Waals surface area contributed by atoms with Gasteiger partial charge in [0, 0.05) is 6.54 Å². The van der Waals surface area contributed by atoms with Crippen molar-refractivity contribution in [1.82, 2.24) is 5.32 Å². The van der Waals surface area contributed by atoms with Gasteiger partial charge in [-0.3, -0.25) is 10.1 Å². The fraction of sp³-hybridized carbons (Fsp3) is 0.364. The highest BCUT2D eigenvalue weighted by Crippen LogP contribution is 2.03. The molecule has 0 aliphatic heterocycles. The van der Waals surface area contributed by atoms with Crippen LogP contribution in [0, 0.1) is 6.92 Å². The van der Waals surface area contributed by atoms with E-state index < -0.39 is 18.6 Å². The number of aryl methyl sites for hydroxylation is 1. The second kappa shape index (κ2) is 5.48. The van der Waals surface area contributed by atoms with E-state index in [-0.39, 0.29) is 0 Å². The fourth-order valence-electron chi connectivity index (χ4n) is 1.29. The first-order valence-corrected chi connectivity index (χ1v) is 4.76. The number of aliphatic hydroxyl groups is 1. The van der Waals surface area contributed by atoms with Gasteiger partial charge in [-0.05, 0) is 12.5 Å². The number of aliphatic hydroxyl groups excluding tert-OH is 1. The summed E-state index contributed by atoms with van der Waals surface area (Å²) in [4.78, 5) is 10.6. The summed E-state index contributed by atoms with van der Waals surface area (Å²) < 4.78 is 0. The van der Waals surface area contributed by atoms with Gasteiger partial charge in [-0.25, -0.2) is 0 Å². The lowest BCUT2D eigenvalue weighted by Gasteiger charge is -2.11. The molecule has 0 bridgehead atoms. The van der Waals surface area contributed by atoms with Crippen LogP contribution < -0.4 is 5.32 Å². The highest BCUT2D eigenvalue weighted by molar-refractivity contribution is 5.73. The molecule has 1 aromatic rings. The summed E-state index contributed by atoms with van der Waals surface area (Å²) in [7, 11) is 0. The number of hydrogen-bond donors (Lipinski definition) is 3. The number of rotatable bonds is 5. The van der Waals surface area contributed by atoms with Gasteiger partial charge in [0.25, 0.3) is 0 Å². The lowest BCUT2D eigenvalue weighted by atomic mass is 10.1. The Hall–Kier alpha value is -1.39. The Labute approximate surface area is 88.6 Å². The van der Waals surface area contributed by atoms with Crippen molar-refractivity contribution in [2.24, 2.45) is 0 Å². The van der Waals surface area contributed by atoms with Crippen molar-refractivity contribution in [3.05, 3.63) is 35.4 Å². The molecule has 0 saturated heterocycles. The summed E-state index contributed by atoms with van der Waals surface area (Å²) in [6.45, 7) is 2.02. The molecule has 0 fully saturated rings. The molecule has 0 saturated carbocycles. The van der Waals surface area contributed by atoms with Crippen molar-refractivity contribution in [3.8, 4) is 0 Å². The van der Waals surface area contributed by atoms with E-state index in [1.165, 1.54) is 0 Å². The van der Waals surface area contributed by atoms with Crippen molar-refractivity contribution in [3.63, 3.8) is 0 Å². The first-order chi connectivity index (χ1) is 7.13. The summed E-state index contributed by atoms with van der Waals surface area (Å²) in [5, 5.41) is 20.2. The predicted molar refractivity (Wildman–Crippen MR) is 56.5 cm³/mol. The minimum Gasteiger partial charge on any atom is -0.480 e. The van der Waals surface area contributed by atoms with Crippen LogP contribution in [0.25, 0.3) is 0 Å². The van der Waals surface area contributed by atoms with Crippen molar-refractivity contribution in [2.75, 3.05) is 6.61 Å². The van der Waals surface area contributed by atoms with Gasteiger partial charge in [0.2, 0.25) is 0 Å². The summed E-state index contributed by atoms with van der Waals surface area (Å²) in [6.07, 6.45) is 0. The Balaban J connectivity index is 2.52. The molecule has 4 nitrogen and oxygen atoms in total. The largest absolute Gasteiger partial charge is 0.480 e. The van der Waals surface area contributed by atoms with Gasteiger partial charge in [0.15, 0.2) is 0 Å². The number of carboxylic acids is 1. The first-order valence-electron chi connectivity index (χ1n) is 4.76. The normalized spacial score (nSPS) is 12.4. The second-order valence-electron chi connectivity index (χ2n) is 3.44. The number of nitrogens with one attached hydrogen (secondary N) is 1. The van der Waals surface area contributed by atoms with Crippen LogP contribution in [0.4, 0.5) is 0 Å². The van der Waals surface area contributed by atoms with E-state index in [9.17, 15) is 4.79 Å². The van der Waals surface area contributed by atoms with Gasteiger partial charge >= 0.3 is 5.97 Å². The Morgan fingerprint density at radius 1 is 1.53 bits per heavy atom. The molecule has 1 unspecified atom stereocenters. The first kappa shape index (κ1) is 11.7. The van der Waals surface area contributed by atoms with Crippen molar-refractivity contribution in [2.45, 2.75) is 19.5 Å². The van der Waals surface area contributed by atoms with Crippen LogP contribution in [0.2, 0.25) is 0 Å². The zero-order valence-electron chi connectivity index (χ0n) is 8.60. The van der Waals surface area contributed by atoms with Crippen LogP contribution in [0.5, 0.6) is 0 Å². The quantitative estimate of drug-likeness (QED) is 0.661. The Bertz CT molecular complexity index is 338. The molecule has 0 amide bonds. The van der Waals surface area contributed by atoms with Crippen LogP contribution >= 0.6 is 0 Å². The van der Waals surface area contributed by atoms with Gasteiger partial charge in [-0.1, -0.05) is 29.8 Å². The molecule has 82 valence electrons. The average molecular weight is 209 g/mol. The molecule has 0 aliphatic carbocycles. The molecule has 0 aromatic heterocycles. The highest BCUT2D eigenvalue weighted by Gasteiger charge is 2.14. The number of carboxylic acid groups (broad SMARTS) is 1. The molecule has 0 spiro atoms. The number of hydrogen-bond acceptors (Lipinski definition) is 3. The molecule has 1 rings (SSSR count). The molecule has 1 atom stereocenters. The maximum atomic E-state index is 10.6. The third-order valence-electron chi connectivity index (χ3n) is 2.12. The molecular formula is C11H15NO3. The van der Waals surface area contributed by atoms with E-state index in [4.69, 9.17) is 10.2 Å². The van der Waals surface area contributed by atoms with Crippen molar-refractivity contribution >= 4 is 5.97 Å². The molecule has 0 heterocycles. The van der Waals surface area contributed by atoms with E-state index in [1.807, 2.05) is 31.2 Å². The Morgan fingerprint density at radius 3 is 2.80 bits per heavy atom. The zero-order chi connectivity index (χ0) is 11.3.